The molecule has 7 nitrogen and oxygen atoms in total. The van der Waals surface area contributed by atoms with Crippen LogP contribution in [0.1, 0.15) is 36.3 Å². The van der Waals surface area contributed by atoms with Crippen molar-refractivity contribution in [1.82, 2.24) is 10.2 Å². The van der Waals surface area contributed by atoms with Crippen molar-refractivity contribution in [3.63, 3.8) is 0 Å². The van der Waals surface area contributed by atoms with Gasteiger partial charge in [-0.2, -0.15) is 0 Å². The average Bonchev–Trinajstić information content (AvgIpc) is 3.38. The second kappa shape index (κ2) is 9.42. The predicted molar refractivity (Wildman–Crippen MR) is 119 cm³/mol. The molecule has 4 rings (SSSR count). The summed E-state index contributed by atoms with van der Waals surface area (Å²) in [6, 6.07) is 16.3. The van der Waals surface area contributed by atoms with Crippen LogP contribution < -0.4 is 5.32 Å². The van der Waals surface area contributed by atoms with Gasteiger partial charge < -0.3 is 20.1 Å². The summed E-state index contributed by atoms with van der Waals surface area (Å²) in [4.78, 5) is 37.2. The fourth-order valence-corrected chi connectivity index (χ4v) is 5.03. The number of aliphatic carboxylic acids is 1. The molecule has 0 saturated heterocycles. The number of alkyl carbamates (subject to hydrolysis) is 1. The molecule has 0 aromatic heterocycles. The number of hydrogen-bond acceptors (Lipinski definition) is 4. The maximum atomic E-state index is 12.6. The highest BCUT2D eigenvalue weighted by atomic mass is 16.5. The second-order valence-electron chi connectivity index (χ2n) is 8.59. The van der Waals surface area contributed by atoms with Gasteiger partial charge in [0.25, 0.3) is 0 Å². The number of carbonyl (C=O) groups excluding carboxylic acids is 2. The Morgan fingerprint density at radius 1 is 1.03 bits per heavy atom. The van der Waals surface area contributed by atoms with E-state index >= 15 is 0 Å². The van der Waals surface area contributed by atoms with Crippen LogP contribution in [0.5, 0.6) is 0 Å². The summed E-state index contributed by atoms with van der Waals surface area (Å²) in [6.45, 7) is 0.268. The van der Waals surface area contributed by atoms with Crippen LogP contribution in [0.25, 0.3) is 11.1 Å². The van der Waals surface area contributed by atoms with Gasteiger partial charge in [-0.3, -0.25) is 9.59 Å². The van der Waals surface area contributed by atoms with Gasteiger partial charge in [-0.25, -0.2) is 4.79 Å². The van der Waals surface area contributed by atoms with Crippen LogP contribution in [-0.4, -0.2) is 54.7 Å². The normalized spacial score (nSPS) is 19.2. The standard InChI is InChI=1S/C25H28N2O5/c1-27(14-23(28)29)24(30)17-12-6-7-16(17)13-26-25(31)32-15-22-20-10-4-2-8-18(20)19-9-3-5-11-21(19)22/h2-5,8-11,16-17,22H,6-7,12-15H2,1H3,(H,26,31)(H,28,29)/t16-,17-/m1/s1. The summed E-state index contributed by atoms with van der Waals surface area (Å²) in [5.74, 6) is -1.50. The summed E-state index contributed by atoms with van der Waals surface area (Å²) in [5.41, 5.74) is 4.67. The third kappa shape index (κ3) is 4.47. The van der Waals surface area contributed by atoms with Gasteiger partial charge >= 0.3 is 12.1 Å². The highest BCUT2D eigenvalue weighted by molar-refractivity contribution is 5.83. The van der Waals surface area contributed by atoms with Crippen LogP contribution in [0.2, 0.25) is 0 Å². The first-order valence-corrected chi connectivity index (χ1v) is 11.0. The molecule has 168 valence electrons. The zero-order valence-corrected chi connectivity index (χ0v) is 18.1. The molecule has 1 saturated carbocycles. The van der Waals surface area contributed by atoms with E-state index in [2.05, 4.69) is 29.6 Å². The number of likely N-dealkylation sites (N-methyl/N-ethyl adjacent to an activating group) is 1. The lowest BCUT2D eigenvalue weighted by molar-refractivity contribution is -0.145. The Morgan fingerprint density at radius 2 is 1.66 bits per heavy atom. The molecule has 2 aromatic carbocycles. The molecule has 0 heterocycles. The monoisotopic (exact) mass is 436 g/mol. The number of nitrogens with zero attached hydrogens (tertiary/aromatic N) is 1. The van der Waals surface area contributed by atoms with Gasteiger partial charge in [0.2, 0.25) is 5.91 Å². The third-order valence-electron chi connectivity index (χ3n) is 6.58. The number of nitrogens with one attached hydrogen (secondary N) is 1. The minimum atomic E-state index is -1.04. The molecule has 2 N–H and O–H groups in total. The fraction of sp³-hybridized carbons (Fsp3) is 0.400. The molecule has 1 fully saturated rings. The van der Waals surface area contributed by atoms with Crippen molar-refractivity contribution in [3.05, 3.63) is 59.7 Å². The van der Waals surface area contributed by atoms with E-state index in [1.54, 1.807) is 0 Å². The molecular formula is C25H28N2O5. The van der Waals surface area contributed by atoms with Gasteiger partial charge in [-0.1, -0.05) is 55.0 Å². The highest BCUT2D eigenvalue weighted by Crippen LogP contribution is 2.44. The van der Waals surface area contributed by atoms with E-state index in [0.29, 0.717) is 13.0 Å². The summed E-state index contributed by atoms with van der Waals surface area (Å²) >= 11 is 0. The lowest BCUT2D eigenvalue weighted by atomic mass is 9.94. The van der Waals surface area contributed by atoms with Crippen molar-refractivity contribution in [3.8, 4) is 11.1 Å². The molecule has 0 aliphatic heterocycles. The minimum absolute atomic E-state index is 0.00127. The molecule has 2 amide bonds. The molecule has 0 spiro atoms. The topological polar surface area (TPSA) is 95.9 Å². The van der Waals surface area contributed by atoms with Gasteiger partial charge in [0.1, 0.15) is 13.2 Å². The van der Waals surface area contributed by atoms with Gasteiger partial charge in [0, 0.05) is 25.4 Å². The van der Waals surface area contributed by atoms with Crippen molar-refractivity contribution in [2.75, 3.05) is 26.7 Å². The van der Waals surface area contributed by atoms with Crippen molar-refractivity contribution in [2.24, 2.45) is 11.8 Å². The van der Waals surface area contributed by atoms with E-state index in [-0.39, 0.29) is 36.8 Å². The summed E-state index contributed by atoms with van der Waals surface area (Å²) in [7, 11) is 1.50. The summed E-state index contributed by atoms with van der Waals surface area (Å²) in [6.07, 6.45) is 1.92. The summed E-state index contributed by atoms with van der Waals surface area (Å²) < 4.78 is 5.57. The van der Waals surface area contributed by atoms with Gasteiger partial charge in [0.05, 0.1) is 0 Å². The van der Waals surface area contributed by atoms with Crippen LogP contribution in [0.4, 0.5) is 4.79 Å². The molecule has 0 bridgehead atoms. The number of carboxylic acids is 1. The first-order valence-electron chi connectivity index (χ1n) is 11.0. The number of hydrogen-bond donors (Lipinski definition) is 2. The Bertz CT molecular complexity index is 975. The lowest BCUT2D eigenvalue weighted by Crippen LogP contribution is -2.40. The van der Waals surface area contributed by atoms with Gasteiger partial charge in [-0.15, -0.1) is 0 Å². The highest BCUT2D eigenvalue weighted by Gasteiger charge is 2.35. The Hall–Kier alpha value is -3.35. The zero-order valence-electron chi connectivity index (χ0n) is 18.1. The molecule has 2 atom stereocenters. The molecule has 2 aliphatic rings. The van der Waals surface area contributed by atoms with Crippen LogP contribution >= 0.6 is 0 Å². The van der Waals surface area contributed by atoms with Crippen molar-refractivity contribution in [2.45, 2.75) is 25.2 Å². The van der Waals surface area contributed by atoms with Crippen LogP contribution in [-0.2, 0) is 14.3 Å². The fourth-order valence-electron chi connectivity index (χ4n) is 5.03. The van der Waals surface area contributed by atoms with Crippen molar-refractivity contribution in [1.29, 1.82) is 0 Å². The van der Waals surface area contributed by atoms with Gasteiger partial charge in [-0.05, 0) is 41.0 Å². The number of amides is 2. The molecule has 2 aromatic rings. The first-order chi connectivity index (χ1) is 15.5. The first kappa shape index (κ1) is 21.9. The zero-order chi connectivity index (χ0) is 22.7. The SMILES string of the molecule is CN(CC(=O)O)C(=O)[C@@H]1CCC[C@@H]1CNC(=O)OCC1c2ccccc2-c2ccccc21. The summed E-state index contributed by atoms with van der Waals surface area (Å²) in [5, 5.41) is 11.7. The minimum Gasteiger partial charge on any atom is -0.480 e. The van der Waals surface area contributed by atoms with Crippen LogP contribution in [0.15, 0.2) is 48.5 Å². The molecule has 7 heteroatoms. The predicted octanol–water partition coefficient (Wildman–Crippen LogP) is 3.48. The van der Waals surface area contributed by atoms with Crippen molar-refractivity contribution < 1.29 is 24.2 Å². The number of carboxylic acid groups (broad SMARTS) is 1. The number of benzene rings is 2. The average molecular weight is 437 g/mol. The Morgan fingerprint density at radius 3 is 2.28 bits per heavy atom. The second-order valence-corrected chi connectivity index (χ2v) is 8.59. The number of carbonyl (C=O) groups is 3. The van der Waals surface area contributed by atoms with Crippen LogP contribution in [0, 0.1) is 11.8 Å². The molecular weight excluding hydrogens is 408 g/mol. The maximum absolute atomic E-state index is 12.6. The Labute approximate surface area is 187 Å². The molecule has 2 aliphatic carbocycles. The largest absolute Gasteiger partial charge is 0.480 e. The quantitative estimate of drug-likeness (QED) is 0.693. The maximum Gasteiger partial charge on any atom is 0.407 e. The molecule has 0 unspecified atom stereocenters. The van der Waals surface area contributed by atoms with E-state index in [9.17, 15) is 14.4 Å². The van der Waals surface area contributed by atoms with E-state index in [1.807, 2.05) is 24.3 Å². The lowest BCUT2D eigenvalue weighted by Gasteiger charge is -2.24. The number of ether oxygens (including phenoxy) is 1. The van der Waals surface area contributed by atoms with E-state index in [1.165, 1.54) is 23.1 Å². The molecule has 0 radical (unpaired) electrons. The smallest absolute Gasteiger partial charge is 0.407 e. The Balaban J connectivity index is 1.32. The van der Waals surface area contributed by atoms with E-state index in [0.717, 1.165) is 24.0 Å². The number of fused-ring (bicyclic) bond motifs is 3. The van der Waals surface area contributed by atoms with E-state index in [4.69, 9.17) is 9.84 Å². The van der Waals surface area contributed by atoms with E-state index < -0.39 is 12.1 Å². The van der Waals surface area contributed by atoms with Gasteiger partial charge in [0.15, 0.2) is 0 Å². The van der Waals surface area contributed by atoms with Crippen LogP contribution in [0.3, 0.4) is 0 Å². The number of rotatable bonds is 7. The third-order valence-corrected chi connectivity index (χ3v) is 6.58. The Kier molecular flexibility index (Phi) is 6.44. The molecule has 32 heavy (non-hydrogen) atoms. The van der Waals surface area contributed by atoms with Crippen molar-refractivity contribution >= 4 is 18.0 Å².